The highest BCUT2D eigenvalue weighted by Gasteiger charge is 2.15. The second-order valence-corrected chi connectivity index (χ2v) is 3.74. The smallest absolute Gasteiger partial charge is 0.123 e. The Kier molecular flexibility index (Phi) is 2.21. The van der Waals surface area contributed by atoms with Gasteiger partial charge in [-0.3, -0.25) is 0 Å². The molecule has 1 heterocycles. The molecule has 0 unspecified atom stereocenters. The molecule has 0 aliphatic heterocycles. The Labute approximate surface area is 79.2 Å². The molecule has 0 aromatic carbocycles. The minimum atomic E-state index is 0.698. The van der Waals surface area contributed by atoms with Gasteiger partial charge in [0.1, 0.15) is 5.82 Å². The molecule has 0 fully saturated rings. The highest BCUT2D eigenvalue weighted by molar-refractivity contribution is 5.43. The minimum Gasteiger partial charge on any atom is -0.384 e. The lowest BCUT2D eigenvalue weighted by atomic mass is 10.1. The van der Waals surface area contributed by atoms with Gasteiger partial charge in [0.05, 0.1) is 0 Å². The van der Waals surface area contributed by atoms with Crippen LogP contribution in [0.2, 0.25) is 0 Å². The van der Waals surface area contributed by atoms with Gasteiger partial charge in [-0.1, -0.05) is 13.3 Å². The molecule has 0 saturated carbocycles. The van der Waals surface area contributed by atoms with Crippen LogP contribution in [0.25, 0.3) is 0 Å². The van der Waals surface area contributed by atoms with E-state index in [0.717, 1.165) is 12.8 Å². The number of nitrogens with zero attached hydrogens (tertiary/aromatic N) is 1. The van der Waals surface area contributed by atoms with Gasteiger partial charge in [0, 0.05) is 5.69 Å². The molecule has 1 aliphatic carbocycles. The highest BCUT2D eigenvalue weighted by atomic mass is 14.8. The van der Waals surface area contributed by atoms with Crippen molar-refractivity contribution >= 4 is 5.82 Å². The van der Waals surface area contributed by atoms with Crippen LogP contribution in [0.4, 0.5) is 5.82 Å². The van der Waals surface area contributed by atoms with Crippen LogP contribution in [-0.2, 0) is 19.3 Å². The lowest BCUT2D eigenvalue weighted by Gasteiger charge is -2.07. The quantitative estimate of drug-likeness (QED) is 0.749. The van der Waals surface area contributed by atoms with Gasteiger partial charge in [0.25, 0.3) is 0 Å². The first-order valence-corrected chi connectivity index (χ1v) is 5.08. The fourth-order valence-electron chi connectivity index (χ4n) is 2.13. The number of hydrogen-bond donors (Lipinski definition) is 1. The number of aromatic nitrogens is 1. The number of anilines is 1. The molecule has 0 radical (unpaired) electrons. The van der Waals surface area contributed by atoms with Crippen LogP contribution in [0.3, 0.4) is 0 Å². The van der Waals surface area contributed by atoms with E-state index in [0.29, 0.717) is 5.82 Å². The molecular formula is C11H16N2. The number of aryl methyl sites for hydroxylation is 2. The fraction of sp³-hybridized carbons (Fsp3) is 0.545. The second-order valence-electron chi connectivity index (χ2n) is 3.74. The molecule has 0 amide bonds. The van der Waals surface area contributed by atoms with Gasteiger partial charge in [0.15, 0.2) is 0 Å². The molecule has 70 valence electrons. The topological polar surface area (TPSA) is 38.9 Å². The van der Waals surface area contributed by atoms with Crippen molar-refractivity contribution in [1.82, 2.24) is 4.98 Å². The van der Waals surface area contributed by atoms with Gasteiger partial charge in [-0.05, 0) is 42.9 Å². The molecule has 2 nitrogen and oxygen atoms in total. The largest absolute Gasteiger partial charge is 0.384 e. The van der Waals surface area contributed by atoms with Crippen molar-refractivity contribution in [3.8, 4) is 0 Å². The van der Waals surface area contributed by atoms with Gasteiger partial charge in [-0.25, -0.2) is 4.98 Å². The summed E-state index contributed by atoms with van der Waals surface area (Å²) >= 11 is 0. The molecule has 2 heteroatoms. The van der Waals surface area contributed by atoms with Gasteiger partial charge in [-0.2, -0.15) is 0 Å². The van der Waals surface area contributed by atoms with Crippen molar-refractivity contribution in [2.45, 2.75) is 39.0 Å². The van der Waals surface area contributed by atoms with Crippen LogP contribution in [0, 0.1) is 0 Å². The summed E-state index contributed by atoms with van der Waals surface area (Å²) in [6.07, 6.45) is 5.91. The third-order valence-electron chi connectivity index (χ3n) is 2.68. The van der Waals surface area contributed by atoms with Crippen LogP contribution in [0.1, 0.15) is 36.6 Å². The molecule has 1 aliphatic rings. The van der Waals surface area contributed by atoms with Crippen LogP contribution in [0.15, 0.2) is 6.07 Å². The maximum atomic E-state index is 5.75. The molecule has 1 aromatic rings. The molecule has 2 rings (SSSR count). The van der Waals surface area contributed by atoms with Crippen molar-refractivity contribution in [3.05, 3.63) is 22.9 Å². The monoisotopic (exact) mass is 176 g/mol. The van der Waals surface area contributed by atoms with Crippen molar-refractivity contribution in [1.29, 1.82) is 0 Å². The molecule has 0 spiro atoms. The molecule has 0 saturated heterocycles. The zero-order valence-corrected chi connectivity index (χ0v) is 8.14. The Hall–Kier alpha value is -1.05. The normalized spacial score (nSPS) is 14.5. The number of nitrogen functional groups attached to an aromatic ring is 1. The van der Waals surface area contributed by atoms with Crippen LogP contribution >= 0.6 is 0 Å². The molecule has 1 aromatic heterocycles. The van der Waals surface area contributed by atoms with E-state index in [-0.39, 0.29) is 0 Å². The third kappa shape index (κ3) is 1.53. The van der Waals surface area contributed by atoms with Gasteiger partial charge < -0.3 is 5.73 Å². The third-order valence-corrected chi connectivity index (χ3v) is 2.68. The molecule has 2 N–H and O–H groups in total. The van der Waals surface area contributed by atoms with Crippen molar-refractivity contribution in [2.24, 2.45) is 0 Å². The first-order valence-electron chi connectivity index (χ1n) is 5.08. The highest BCUT2D eigenvalue weighted by Crippen LogP contribution is 2.26. The Bertz CT molecular complexity index is 318. The summed E-state index contributed by atoms with van der Waals surface area (Å²) in [5.41, 5.74) is 9.92. The molecule has 0 atom stereocenters. The second kappa shape index (κ2) is 3.36. The number of pyridine rings is 1. The van der Waals surface area contributed by atoms with Crippen molar-refractivity contribution < 1.29 is 0 Å². The predicted octanol–water partition coefficient (Wildman–Crippen LogP) is 2.10. The Morgan fingerprint density at radius 1 is 1.46 bits per heavy atom. The lowest BCUT2D eigenvalue weighted by Crippen LogP contribution is -2.01. The molecule has 13 heavy (non-hydrogen) atoms. The minimum absolute atomic E-state index is 0.698. The zero-order valence-electron chi connectivity index (χ0n) is 8.14. The molecular weight excluding hydrogens is 160 g/mol. The number of fused-ring (bicyclic) bond motifs is 1. The predicted molar refractivity (Wildman–Crippen MR) is 54.7 cm³/mol. The van der Waals surface area contributed by atoms with E-state index in [2.05, 4.69) is 11.9 Å². The van der Waals surface area contributed by atoms with Crippen LogP contribution in [-0.4, -0.2) is 4.98 Å². The van der Waals surface area contributed by atoms with Gasteiger partial charge >= 0.3 is 0 Å². The zero-order chi connectivity index (χ0) is 9.26. The average molecular weight is 176 g/mol. The van der Waals surface area contributed by atoms with E-state index in [9.17, 15) is 0 Å². The van der Waals surface area contributed by atoms with E-state index >= 15 is 0 Å². The van der Waals surface area contributed by atoms with Crippen molar-refractivity contribution in [3.63, 3.8) is 0 Å². The fourth-order valence-corrected chi connectivity index (χ4v) is 2.13. The van der Waals surface area contributed by atoms with E-state index in [4.69, 9.17) is 5.73 Å². The SMILES string of the molecule is CCCc1nc(N)cc2c1CCC2. The van der Waals surface area contributed by atoms with E-state index < -0.39 is 0 Å². The summed E-state index contributed by atoms with van der Waals surface area (Å²) in [7, 11) is 0. The summed E-state index contributed by atoms with van der Waals surface area (Å²) in [6.45, 7) is 2.19. The Morgan fingerprint density at radius 2 is 2.31 bits per heavy atom. The summed E-state index contributed by atoms with van der Waals surface area (Å²) in [6, 6.07) is 2.04. The number of hydrogen-bond acceptors (Lipinski definition) is 2. The molecule has 0 bridgehead atoms. The average Bonchev–Trinajstić information content (AvgIpc) is 2.52. The first kappa shape index (κ1) is 8.54. The number of rotatable bonds is 2. The van der Waals surface area contributed by atoms with Gasteiger partial charge in [0.2, 0.25) is 0 Å². The Morgan fingerprint density at radius 3 is 3.08 bits per heavy atom. The Balaban J connectivity index is 2.43. The summed E-state index contributed by atoms with van der Waals surface area (Å²) in [5, 5.41) is 0. The maximum Gasteiger partial charge on any atom is 0.123 e. The summed E-state index contributed by atoms with van der Waals surface area (Å²) in [4.78, 5) is 4.41. The first-order chi connectivity index (χ1) is 6.31. The van der Waals surface area contributed by atoms with Crippen LogP contribution in [0.5, 0.6) is 0 Å². The summed E-state index contributed by atoms with van der Waals surface area (Å²) in [5.74, 6) is 0.698. The van der Waals surface area contributed by atoms with Crippen molar-refractivity contribution in [2.75, 3.05) is 5.73 Å². The van der Waals surface area contributed by atoms with E-state index in [1.165, 1.54) is 36.1 Å². The van der Waals surface area contributed by atoms with Crippen LogP contribution < -0.4 is 5.73 Å². The van der Waals surface area contributed by atoms with E-state index in [1.807, 2.05) is 6.07 Å². The van der Waals surface area contributed by atoms with Gasteiger partial charge in [-0.15, -0.1) is 0 Å². The maximum absolute atomic E-state index is 5.75. The number of nitrogens with two attached hydrogens (primary N) is 1. The summed E-state index contributed by atoms with van der Waals surface area (Å²) < 4.78 is 0. The standard InChI is InChI=1S/C11H16N2/c1-2-4-10-9-6-3-5-8(9)7-11(12)13-10/h7H,2-6H2,1H3,(H2,12,13). The van der Waals surface area contributed by atoms with E-state index in [1.54, 1.807) is 0 Å². The lowest BCUT2D eigenvalue weighted by molar-refractivity contribution is 0.853.